The molecule has 0 bridgehead atoms. The second kappa shape index (κ2) is 5.15. The van der Waals surface area contributed by atoms with Crippen LogP contribution in [-0.4, -0.2) is 60.1 Å². The predicted octanol–water partition coefficient (Wildman–Crippen LogP) is 0.311. The Morgan fingerprint density at radius 1 is 1.19 bits per heavy atom. The lowest BCUT2D eigenvalue weighted by molar-refractivity contribution is -0.140. The van der Waals surface area contributed by atoms with Gasteiger partial charge in [-0.05, 0) is 39.3 Å². The number of aliphatic hydroxyl groups is 1. The first-order chi connectivity index (χ1) is 7.66. The molecule has 2 heterocycles. The minimum Gasteiger partial charge on any atom is -0.391 e. The fraction of sp³-hybridized carbons (Fsp3) is 0.917. The zero-order chi connectivity index (χ0) is 11.5. The summed E-state index contributed by atoms with van der Waals surface area (Å²) in [7, 11) is 2.07. The molecule has 0 spiro atoms. The Morgan fingerprint density at radius 3 is 2.62 bits per heavy atom. The van der Waals surface area contributed by atoms with E-state index < -0.39 is 0 Å². The van der Waals surface area contributed by atoms with Crippen molar-refractivity contribution in [2.45, 2.75) is 31.8 Å². The van der Waals surface area contributed by atoms with Crippen molar-refractivity contribution >= 4 is 5.91 Å². The first kappa shape index (κ1) is 11.9. The van der Waals surface area contributed by atoms with Crippen molar-refractivity contribution in [3.05, 3.63) is 0 Å². The van der Waals surface area contributed by atoms with E-state index in [1.54, 1.807) is 0 Å². The van der Waals surface area contributed by atoms with Crippen molar-refractivity contribution in [1.29, 1.82) is 0 Å². The molecule has 1 N–H and O–H groups in total. The summed E-state index contributed by atoms with van der Waals surface area (Å²) in [5.41, 5.74) is 0. The minimum atomic E-state index is -0.306. The summed E-state index contributed by atoms with van der Waals surface area (Å²) >= 11 is 0. The van der Waals surface area contributed by atoms with Crippen molar-refractivity contribution in [1.82, 2.24) is 9.80 Å². The highest BCUT2D eigenvalue weighted by Gasteiger charge is 2.30. The number of piperidine rings is 2. The van der Waals surface area contributed by atoms with Crippen molar-refractivity contribution < 1.29 is 9.90 Å². The van der Waals surface area contributed by atoms with Crippen LogP contribution in [0, 0.1) is 5.92 Å². The Bertz CT molecular complexity index is 233. The van der Waals surface area contributed by atoms with Gasteiger partial charge in [-0.3, -0.25) is 4.79 Å². The second-order valence-corrected chi connectivity index (χ2v) is 5.18. The van der Waals surface area contributed by atoms with Gasteiger partial charge in [0.15, 0.2) is 0 Å². The highest BCUT2D eigenvalue weighted by molar-refractivity contribution is 5.79. The molecule has 0 aromatic carbocycles. The fourth-order valence-electron chi connectivity index (χ4n) is 2.78. The van der Waals surface area contributed by atoms with Crippen LogP contribution in [0.2, 0.25) is 0 Å². The molecule has 2 fully saturated rings. The van der Waals surface area contributed by atoms with E-state index in [1.165, 1.54) is 0 Å². The summed E-state index contributed by atoms with van der Waals surface area (Å²) in [5.74, 6) is 0.411. The first-order valence-corrected chi connectivity index (χ1v) is 6.32. The van der Waals surface area contributed by atoms with Gasteiger partial charge in [0.25, 0.3) is 0 Å². The van der Waals surface area contributed by atoms with Gasteiger partial charge in [-0.2, -0.15) is 0 Å². The fourth-order valence-corrected chi connectivity index (χ4v) is 2.78. The van der Waals surface area contributed by atoms with Crippen molar-refractivity contribution in [2.75, 3.05) is 33.2 Å². The third-order valence-electron chi connectivity index (χ3n) is 3.68. The molecule has 0 saturated carbocycles. The van der Waals surface area contributed by atoms with Gasteiger partial charge in [0, 0.05) is 19.6 Å². The van der Waals surface area contributed by atoms with E-state index >= 15 is 0 Å². The third-order valence-corrected chi connectivity index (χ3v) is 3.68. The maximum atomic E-state index is 12.2. The van der Waals surface area contributed by atoms with Gasteiger partial charge < -0.3 is 14.9 Å². The van der Waals surface area contributed by atoms with Crippen LogP contribution in [0.4, 0.5) is 0 Å². The lowest BCUT2D eigenvalue weighted by atomic mass is 9.95. The summed E-state index contributed by atoms with van der Waals surface area (Å²) in [6, 6.07) is 0. The monoisotopic (exact) mass is 226 g/mol. The van der Waals surface area contributed by atoms with Gasteiger partial charge in [0.05, 0.1) is 12.0 Å². The van der Waals surface area contributed by atoms with E-state index in [-0.39, 0.29) is 17.9 Å². The zero-order valence-corrected chi connectivity index (χ0v) is 10.1. The SMILES string of the molecule is CN1CCCC(C(=O)N2CCCC(O)C2)C1. The highest BCUT2D eigenvalue weighted by Crippen LogP contribution is 2.20. The minimum absolute atomic E-state index is 0.157. The summed E-state index contributed by atoms with van der Waals surface area (Å²) in [4.78, 5) is 16.3. The van der Waals surface area contributed by atoms with E-state index in [0.29, 0.717) is 6.54 Å². The van der Waals surface area contributed by atoms with Crippen LogP contribution < -0.4 is 0 Å². The number of carbonyl (C=O) groups excluding carboxylic acids is 1. The Kier molecular flexibility index (Phi) is 3.82. The zero-order valence-electron chi connectivity index (χ0n) is 10.1. The van der Waals surface area contributed by atoms with Crippen LogP contribution in [0.25, 0.3) is 0 Å². The van der Waals surface area contributed by atoms with Gasteiger partial charge in [0.2, 0.25) is 5.91 Å². The average Bonchev–Trinajstić information content (AvgIpc) is 2.28. The van der Waals surface area contributed by atoms with Gasteiger partial charge in [-0.1, -0.05) is 0 Å². The molecule has 2 aliphatic rings. The largest absolute Gasteiger partial charge is 0.391 e. The first-order valence-electron chi connectivity index (χ1n) is 6.32. The molecule has 16 heavy (non-hydrogen) atoms. The van der Waals surface area contributed by atoms with Crippen LogP contribution in [0.15, 0.2) is 0 Å². The summed E-state index contributed by atoms with van der Waals surface area (Å²) in [6.45, 7) is 3.35. The number of hydrogen-bond acceptors (Lipinski definition) is 3. The van der Waals surface area contributed by atoms with Crippen molar-refractivity contribution in [3.8, 4) is 0 Å². The predicted molar refractivity (Wildman–Crippen MR) is 62.0 cm³/mol. The van der Waals surface area contributed by atoms with Crippen LogP contribution in [0.1, 0.15) is 25.7 Å². The molecule has 0 aliphatic carbocycles. The number of amides is 1. The second-order valence-electron chi connectivity index (χ2n) is 5.18. The molecule has 0 aromatic rings. The number of β-amino-alcohol motifs (C(OH)–C–C–N with tert-alkyl or cyclic N) is 1. The van der Waals surface area contributed by atoms with Crippen LogP contribution in [0.3, 0.4) is 0 Å². The van der Waals surface area contributed by atoms with Crippen LogP contribution in [0.5, 0.6) is 0 Å². The van der Waals surface area contributed by atoms with Gasteiger partial charge in [-0.25, -0.2) is 0 Å². The lowest BCUT2D eigenvalue weighted by Gasteiger charge is -2.36. The standard InChI is InChI=1S/C12H22N2O2/c1-13-6-2-4-10(8-13)12(16)14-7-3-5-11(15)9-14/h10-11,15H,2-9H2,1H3. The Balaban J connectivity index is 1.90. The summed E-state index contributed by atoms with van der Waals surface area (Å²) < 4.78 is 0. The maximum absolute atomic E-state index is 12.2. The average molecular weight is 226 g/mol. The normalized spacial score (nSPS) is 32.8. The molecule has 2 saturated heterocycles. The molecule has 4 heteroatoms. The van der Waals surface area contributed by atoms with E-state index in [0.717, 1.165) is 45.3 Å². The lowest BCUT2D eigenvalue weighted by Crippen LogP contribution is -2.48. The maximum Gasteiger partial charge on any atom is 0.227 e. The quantitative estimate of drug-likeness (QED) is 0.700. The highest BCUT2D eigenvalue weighted by atomic mass is 16.3. The molecule has 2 rings (SSSR count). The third kappa shape index (κ3) is 2.74. The van der Waals surface area contributed by atoms with E-state index in [1.807, 2.05) is 4.90 Å². The van der Waals surface area contributed by atoms with Crippen LogP contribution >= 0.6 is 0 Å². The van der Waals surface area contributed by atoms with E-state index in [4.69, 9.17) is 0 Å². The van der Waals surface area contributed by atoms with E-state index in [9.17, 15) is 9.90 Å². The van der Waals surface area contributed by atoms with Gasteiger partial charge in [0.1, 0.15) is 0 Å². The molecular weight excluding hydrogens is 204 g/mol. The van der Waals surface area contributed by atoms with Crippen molar-refractivity contribution in [3.63, 3.8) is 0 Å². The smallest absolute Gasteiger partial charge is 0.227 e. The molecule has 92 valence electrons. The van der Waals surface area contributed by atoms with E-state index in [2.05, 4.69) is 11.9 Å². The van der Waals surface area contributed by atoms with Gasteiger partial charge in [-0.15, -0.1) is 0 Å². The number of aliphatic hydroxyl groups excluding tert-OH is 1. The Labute approximate surface area is 97.2 Å². The molecule has 4 nitrogen and oxygen atoms in total. The summed E-state index contributed by atoms with van der Waals surface area (Å²) in [5, 5.41) is 9.57. The van der Waals surface area contributed by atoms with Crippen LogP contribution in [-0.2, 0) is 4.79 Å². The van der Waals surface area contributed by atoms with Gasteiger partial charge >= 0.3 is 0 Å². The topological polar surface area (TPSA) is 43.8 Å². The number of carbonyl (C=O) groups is 1. The Morgan fingerprint density at radius 2 is 1.94 bits per heavy atom. The molecule has 2 aliphatic heterocycles. The number of likely N-dealkylation sites (tertiary alicyclic amines) is 2. The number of nitrogens with zero attached hydrogens (tertiary/aromatic N) is 2. The molecule has 2 atom stereocenters. The molecular formula is C12H22N2O2. The number of rotatable bonds is 1. The molecule has 1 amide bonds. The van der Waals surface area contributed by atoms with Crippen molar-refractivity contribution in [2.24, 2.45) is 5.92 Å². The summed E-state index contributed by atoms with van der Waals surface area (Å²) in [6.07, 6.45) is 3.60. The molecule has 2 unspecified atom stereocenters. The molecule has 0 aromatic heterocycles. The Hall–Kier alpha value is -0.610. The molecule has 0 radical (unpaired) electrons. The number of hydrogen-bond donors (Lipinski definition) is 1.